The summed E-state index contributed by atoms with van der Waals surface area (Å²) in [6.07, 6.45) is 3.84. The average molecular weight is 362 g/mol. The number of nitrogens with zero attached hydrogens (tertiary/aromatic N) is 1. The number of carbonyl (C=O) groups excluding carboxylic acids is 2. The van der Waals surface area contributed by atoms with E-state index in [0.29, 0.717) is 12.2 Å². The second-order valence-electron chi connectivity index (χ2n) is 8.42. The summed E-state index contributed by atoms with van der Waals surface area (Å²) in [6, 6.07) is -0.581. The predicted molar refractivity (Wildman–Crippen MR) is 97.3 cm³/mol. The van der Waals surface area contributed by atoms with Gasteiger partial charge in [0.2, 0.25) is 0 Å². The van der Waals surface area contributed by atoms with Crippen LogP contribution in [-0.2, 0) is 14.3 Å². The molecule has 0 N–H and O–H groups in total. The first kappa shape index (κ1) is 18.1. The van der Waals surface area contributed by atoms with Gasteiger partial charge in [-0.25, -0.2) is 9.59 Å². The van der Waals surface area contributed by atoms with Crippen LogP contribution in [0.25, 0.3) is 0 Å². The van der Waals surface area contributed by atoms with Crippen molar-refractivity contribution in [1.29, 1.82) is 0 Å². The molecule has 5 nitrogen and oxygen atoms in total. The fourth-order valence-corrected chi connectivity index (χ4v) is 5.21. The molecule has 0 radical (unpaired) electrons. The lowest BCUT2D eigenvalue weighted by molar-refractivity contribution is -0.145. The molecule has 6 heteroatoms. The van der Waals surface area contributed by atoms with Crippen LogP contribution in [0.4, 0.5) is 4.79 Å². The van der Waals surface area contributed by atoms with Crippen molar-refractivity contribution in [3.05, 3.63) is 11.3 Å². The Morgan fingerprint density at radius 2 is 2.16 bits per heavy atom. The average Bonchev–Trinajstić information content (AvgIpc) is 3.04. The van der Waals surface area contributed by atoms with Crippen LogP contribution >= 0.6 is 0 Å². The zero-order chi connectivity index (χ0) is 18.4. The number of rotatable bonds is 3. The van der Waals surface area contributed by atoms with E-state index >= 15 is 0 Å². The lowest BCUT2D eigenvalue weighted by atomic mass is 9.76. The summed E-state index contributed by atoms with van der Waals surface area (Å²) in [4.78, 5) is 26.4. The van der Waals surface area contributed by atoms with Crippen LogP contribution in [0.3, 0.4) is 0 Å². The summed E-state index contributed by atoms with van der Waals surface area (Å²) in [7, 11) is -0.00606. The molecule has 1 amide bonds. The minimum Gasteiger partial charge on any atom is -0.467 e. The number of amides is 1. The number of hydrogen-bond acceptors (Lipinski definition) is 4. The van der Waals surface area contributed by atoms with Gasteiger partial charge in [0.1, 0.15) is 19.9 Å². The minimum atomic E-state index is -1.38. The number of carbonyl (C=O) groups is 2. The van der Waals surface area contributed by atoms with Crippen molar-refractivity contribution in [3.8, 4) is 11.5 Å². The van der Waals surface area contributed by atoms with E-state index in [1.807, 2.05) is 6.92 Å². The highest BCUT2D eigenvalue weighted by molar-refractivity contribution is 6.83. The molecule has 0 unspecified atom stereocenters. The molecular weight excluding hydrogens is 334 g/mol. The molecule has 3 aliphatic rings. The van der Waals surface area contributed by atoms with Crippen LogP contribution in [0, 0.1) is 16.9 Å². The first-order valence-electron chi connectivity index (χ1n) is 8.96. The molecule has 0 spiro atoms. The van der Waals surface area contributed by atoms with E-state index < -0.39 is 20.2 Å². The van der Waals surface area contributed by atoms with Crippen molar-refractivity contribution in [2.24, 2.45) is 5.41 Å². The Bertz CT molecular complexity index is 696. The minimum absolute atomic E-state index is 0.0356. The summed E-state index contributed by atoms with van der Waals surface area (Å²) >= 11 is 0. The molecule has 136 valence electrons. The molecule has 0 aromatic rings. The van der Waals surface area contributed by atoms with Gasteiger partial charge in [0.25, 0.3) is 0 Å². The third-order valence-electron chi connectivity index (χ3n) is 5.60. The lowest BCUT2D eigenvalue weighted by Crippen LogP contribution is -2.49. The normalized spacial score (nSPS) is 30.6. The topological polar surface area (TPSA) is 55.8 Å². The second kappa shape index (κ2) is 6.21. The lowest BCUT2D eigenvalue weighted by Gasteiger charge is -2.36. The highest BCUT2D eigenvalue weighted by Crippen LogP contribution is 2.58. The largest absolute Gasteiger partial charge is 0.467 e. The molecule has 1 saturated carbocycles. The van der Waals surface area contributed by atoms with Crippen LogP contribution < -0.4 is 0 Å². The van der Waals surface area contributed by atoms with E-state index in [1.165, 1.54) is 12.7 Å². The Hall–Kier alpha value is -1.74. The van der Waals surface area contributed by atoms with Crippen LogP contribution in [0.15, 0.2) is 11.3 Å². The third-order valence-corrected chi connectivity index (χ3v) is 6.53. The molecule has 0 aromatic heterocycles. The van der Waals surface area contributed by atoms with E-state index in [0.717, 1.165) is 25.7 Å². The molecule has 0 aromatic carbocycles. The van der Waals surface area contributed by atoms with Gasteiger partial charge in [-0.1, -0.05) is 19.6 Å². The fourth-order valence-electron chi connectivity index (χ4n) is 4.55. The van der Waals surface area contributed by atoms with Gasteiger partial charge >= 0.3 is 12.1 Å². The Balaban J connectivity index is 1.90. The van der Waals surface area contributed by atoms with Gasteiger partial charge in [-0.3, -0.25) is 4.90 Å². The van der Waals surface area contributed by atoms with Gasteiger partial charge in [0, 0.05) is 6.42 Å². The zero-order valence-corrected chi connectivity index (χ0v) is 16.8. The number of ether oxygens (including phenoxy) is 2. The molecule has 3 rings (SSSR count). The number of allylic oxidation sites excluding steroid dienone is 1. The quantitative estimate of drug-likeness (QED) is 0.439. The van der Waals surface area contributed by atoms with Gasteiger partial charge in [-0.2, -0.15) is 0 Å². The molecule has 2 heterocycles. The van der Waals surface area contributed by atoms with Gasteiger partial charge in [0.05, 0.1) is 13.2 Å². The Kier molecular flexibility index (Phi) is 4.48. The molecule has 2 aliphatic heterocycles. The van der Waals surface area contributed by atoms with E-state index in [2.05, 4.69) is 31.1 Å². The monoisotopic (exact) mass is 361 g/mol. The Labute approximate surface area is 150 Å². The van der Waals surface area contributed by atoms with Crippen molar-refractivity contribution in [2.75, 3.05) is 7.11 Å². The van der Waals surface area contributed by atoms with Crippen molar-refractivity contribution < 1.29 is 19.1 Å². The first-order chi connectivity index (χ1) is 11.7. The number of methoxy groups -OCH3 is 1. The van der Waals surface area contributed by atoms with Gasteiger partial charge in [0.15, 0.2) is 0 Å². The first-order valence-corrected chi connectivity index (χ1v) is 12.5. The van der Waals surface area contributed by atoms with E-state index in [-0.39, 0.29) is 17.4 Å². The van der Waals surface area contributed by atoms with Gasteiger partial charge < -0.3 is 9.47 Å². The molecule has 1 aliphatic carbocycles. The summed E-state index contributed by atoms with van der Waals surface area (Å²) in [5.41, 5.74) is 4.51. The molecule has 0 bridgehead atoms. The number of hydrogen-bond donors (Lipinski definition) is 0. The number of esters is 1. The SMILES string of the molecule is COC(=O)[C@@H]1C[C@@]2(CCC#C[Si](C)(C)C)CCC3=C(C)OC(=O)N1[C@H]32. The summed E-state index contributed by atoms with van der Waals surface area (Å²) in [5.74, 6) is 3.72. The maximum absolute atomic E-state index is 12.5. The maximum atomic E-state index is 12.5. The predicted octanol–water partition coefficient (Wildman–Crippen LogP) is 3.47. The molecular formula is C19H27NO4Si. The second-order valence-corrected chi connectivity index (χ2v) is 13.2. The Morgan fingerprint density at radius 3 is 2.80 bits per heavy atom. The Morgan fingerprint density at radius 1 is 1.44 bits per heavy atom. The van der Waals surface area contributed by atoms with Crippen LogP contribution in [0.2, 0.25) is 19.6 Å². The highest BCUT2D eigenvalue weighted by atomic mass is 28.3. The highest BCUT2D eigenvalue weighted by Gasteiger charge is 2.62. The van der Waals surface area contributed by atoms with Crippen molar-refractivity contribution in [1.82, 2.24) is 4.90 Å². The fraction of sp³-hybridized carbons (Fsp3) is 0.684. The van der Waals surface area contributed by atoms with Crippen LogP contribution in [-0.4, -0.2) is 44.2 Å². The van der Waals surface area contributed by atoms with E-state index in [1.54, 1.807) is 4.90 Å². The van der Waals surface area contributed by atoms with Gasteiger partial charge in [-0.15, -0.1) is 11.5 Å². The molecule has 1 saturated heterocycles. The van der Waals surface area contributed by atoms with E-state index in [4.69, 9.17) is 9.47 Å². The molecule has 3 atom stereocenters. The third kappa shape index (κ3) is 3.10. The summed E-state index contributed by atoms with van der Waals surface area (Å²) in [5, 5.41) is 0. The summed E-state index contributed by atoms with van der Waals surface area (Å²) < 4.78 is 10.4. The standard InChI is InChI=1S/C19H27NO4Si/c1-13-14-8-10-19(9-6-7-11-25(3,4)5)12-15(17(21)23-2)20(16(14)19)18(22)24-13/h15-16H,6,8-10,12H2,1-5H3/t15-,16+,19+/m0/s1. The van der Waals surface area contributed by atoms with Crippen LogP contribution in [0.5, 0.6) is 0 Å². The summed E-state index contributed by atoms with van der Waals surface area (Å²) in [6.45, 7) is 8.57. The molecule has 25 heavy (non-hydrogen) atoms. The smallest absolute Gasteiger partial charge is 0.416 e. The zero-order valence-electron chi connectivity index (χ0n) is 15.8. The van der Waals surface area contributed by atoms with Crippen molar-refractivity contribution in [2.45, 2.75) is 70.8 Å². The van der Waals surface area contributed by atoms with Crippen molar-refractivity contribution >= 4 is 20.1 Å². The maximum Gasteiger partial charge on any atom is 0.416 e. The van der Waals surface area contributed by atoms with Gasteiger partial charge in [-0.05, 0) is 43.6 Å². The van der Waals surface area contributed by atoms with Crippen LogP contribution in [0.1, 0.15) is 39.0 Å². The van der Waals surface area contributed by atoms with Crippen molar-refractivity contribution in [3.63, 3.8) is 0 Å². The molecule has 2 fully saturated rings. The van der Waals surface area contributed by atoms with E-state index in [9.17, 15) is 9.59 Å². The number of cyclic esters (lactones) is 1.